The number of nitrogens with zero attached hydrogens (tertiary/aromatic N) is 2. The molecular weight excluding hydrogens is 484 g/mol. The number of allylic oxidation sites excluding steroid dienone is 2. The molecule has 0 radical (unpaired) electrons. The van der Waals surface area contributed by atoms with Gasteiger partial charge in [-0.05, 0) is 103 Å². The van der Waals surface area contributed by atoms with Crippen LogP contribution >= 0.6 is 0 Å². The Hall–Kier alpha value is -1.62. The molecule has 0 unspecified atom stereocenters. The van der Waals surface area contributed by atoms with Gasteiger partial charge in [-0.2, -0.15) is 5.10 Å². The lowest BCUT2D eigenvalue weighted by molar-refractivity contribution is -0.177. The zero-order valence-electron chi connectivity index (χ0n) is 25.4. The molecule has 1 aromatic heterocycles. The van der Waals surface area contributed by atoms with Crippen LogP contribution in [0.3, 0.4) is 0 Å². The van der Waals surface area contributed by atoms with Crippen molar-refractivity contribution in [1.29, 1.82) is 0 Å². The molecule has 2 heterocycles. The Balaban J connectivity index is 1.31. The van der Waals surface area contributed by atoms with Crippen molar-refractivity contribution in [3.63, 3.8) is 0 Å². The first-order chi connectivity index (χ1) is 18.2. The maximum Gasteiger partial charge on any atom is 0.310 e. The van der Waals surface area contributed by atoms with Crippen molar-refractivity contribution in [3.8, 4) is 0 Å². The van der Waals surface area contributed by atoms with Gasteiger partial charge in [0.2, 0.25) is 0 Å². The number of carbonyl (C=O) groups is 1. The summed E-state index contributed by atoms with van der Waals surface area (Å²) in [4.78, 5) is 12.9. The highest BCUT2D eigenvalue weighted by molar-refractivity contribution is 5.76. The van der Waals surface area contributed by atoms with Crippen molar-refractivity contribution in [2.24, 2.45) is 44.8 Å². The van der Waals surface area contributed by atoms with E-state index in [2.05, 4.69) is 65.4 Å². The first-order valence-electron chi connectivity index (χ1n) is 15.8. The summed E-state index contributed by atoms with van der Waals surface area (Å²) in [6.07, 6.45) is 14.4. The second-order valence-corrected chi connectivity index (χ2v) is 16.7. The van der Waals surface area contributed by atoms with E-state index in [9.17, 15) is 9.90 Å². The van der Waals surface area contributed by atoms with E-state index in [1.807, 2.05) is 0 Å². The van der Waals surface area contributed by atoms with Crippen LogP contribution in [-0.2, 0) is 21.4 Å². The van der Waals surface area contributed by atoms with Crippen molar-refractivity contribution < 1.29 is 14.6 Å². The topological polar surface area (TPSA) is 64.3 Å². The van der Waals surface area contributed by atoms with Crippen molar-refractivity contribution >= 4 is 5.97 Å². The fraction of sp³-hybridized carbons (Fsp3) is 0.824. The maximum absolute atomic E-state index is 12.9. The van der Waals surface area contributed by atoms with Gasteiger partial charge >= 0.3 is 5.97 Å². The maximum atomic E-state index is 12.9. The molecule has 7 atom stereocenters. The van der Waals surface area contributed by atoms with Crippen LogP contribution in [0, 0.1) is 44.8 Å². The van der Waals surface area contributed by atoms with Crippen LogP contribution in [0.4, 0.5) is 0 Å². The quantitative estimate of drug-likeness (QED) is 0.403. The minimum atomic E-state index is -0.563. The Morgan fingerprint density at radius 3 is 2.38 bits per heavy atom. The van der Waals surface area contributed by atoms with Gasteiger partial charge in [0.05, 0.1) is 30.4 Å². The van der Waals surface area contributed by atoms with E-state index < -0.39 is 11.4 Å². The molecule has 7 rings (SSSR count). The number of aromatic nitrogens is 2. The standard InChI is InChI=1S/C34H50N2O3/c1-29(2)12-14-34(28(37)38)15-13-32(6)23(24(34)17-29)8-9-26-31(5)16-21-18-36(22-19-39-20-22)35-27(21)30(3,4)25(31)10-11-33(26,32)7/h8,18,22,24-26H,9-17,19-20H2,1-7H3,(H,37,38)/t24-,25-,26+,31-,32+,33+,34-/m0/s1. The van der Waals surface area contributed by atoms with Crippen molar-refractivity contribution in [3.05, 3.63) is 29.1 Å². The third kappa shape index (κ3) is 3.17. The summed E-state index contributed by atoms with van der Waals surface area (Å²) in [5.74, 6) is 0.835. The molecule has 1 aromatic rings. The lowest BCUT2D eigenvalue weighted by atomic mass is 9.33. The molecule has 0 spiro atoms. The molecule has 5 aliphatic carbocycles. The predicted molar refractivity (Wildman–Crippen MR) is 152 cm³/mol. The van der Waals surface area contributed by atoms with Crippen molar-refractivity contribution in [2.75, 3.05) is 13.2 Å². The summed E-state index contributed by atoms with van der Waals surface area (Å²) in [5, 5.41) is 15.8. The molecule has 1 aliphatic heterocycles. The van der Waals surface area contributed by atoms with Crippen LogP contribution in [0.5, 0.6) is 0 Å². The van der Waals surface area contributed by atoms with E-state index >= 15 is 0 Å². The third-order valence-corrected chi connectivity index (χ3v) is 14.2. The highest BCUT2D eigenvalue weighted by atomic mass is 16.5. The van der Waals surface area contributed by atoms with Gasteiger partial charge in [-0.3, -0.25) is 9.48 Å². The van der Waals surface area contributed by atoms with E-state index in [-0.39, 0.29) is 33.0 Å². The Kier molecular flexibility index (Phi) is 5.26. The second-order valence-electron chi connectivity index (χ2n) is 16.7. The fourth-order valence-electron chi connectivity index (χ4n) is 11.7. The van der Waals surface area contributed by atoms with Gasteiger partial charge < -0.3 is 9.84 Å². The number of ether oxygens (including phenoxy) is 1. The van der Waals surface area contributed by atoms with Crippen molar-refractivity contribution in [1.82, 2.24) is 9.78 Å². The molecule has 0 amide bonds. The number of carboxylic acids is 1. The van der Waals surface area contributed by atoms with E-state index in [1.54, 1.807) is 0 Å². The van der Waals surface area contributed by atoms with Gasteiger partial charge in [0, 0.05) is 11.6 Å². The van der Waals surface area contributed by atoms with Gasteiger partial charge in [-0.25, -0.2) is 0 Å². The van der Waals surface area contributed by atoms with Gasteiger partial charge in [-0.15, -0.1) is 0 Å². The zero-order chi connectivity index (χ0) is 27.8. The number of carboxylic acid groups (broad SMARTS) is 1. The Labute approximate surface area is 235 Å². The average Bonchev–Trinajstić information content (AvgIpc) is 3.21. The molecule has 3 saturated carbocycles. The number of fused-ring (bicyclic) bond motifs is 8. The second kappa shape index (κ2) is 7.81. The van der Waals surface area contributed by atoms with Crippen LogP contribution in [0.15, 0.2) is 17.8 Å². The number of rotatable bonds is 2. The molecule has 5 heteroatoms. The van der Waals surface area contributed by atoms with Gasteiger partial charge in [0.25, 0.3) is 0 Å². The monoisotopic (exact) mass is 534 g/mol. The predicted octanol–water partition coefficient (Wildman–Crippen LogP) is 7.35. The minimum absolute atomic E-state index is 0.0445. The first-order valence-corrected chi connectivity index (χ1v) is 15.8. The molecule has 6 aliphatic rings. The van der Waals surface area contributed by atoms with E-state index in [4.69, 9.17) is 9.84 Å². The van der Waals surface area contributed by atoms with Crippen molar-refractivity contribution in [2.45, 2.75) is 118 Å². The van der Waals surface area contributed by atoms with Gasteiger partial charge in [0.15, 0.2) is 0 Å². The number of hydrogen-bond acceptors (Lipinski definition) is 3. The molecule has 1 N–H and O–H groups in total. The lowest BCUT2D eigenvalue weighted by Gasteiger charge is -2.70. The van der Waals surface area contributed by atoms with E-state index in [1.165, 1.54) is 29.7 Å². The Morgan fingerprint density at radius 2 is 1.72 bits per heavy atom. The van der Waals surface area contributed by atoms with Gasteiger partial charge in [-0.1, -0.05) is 60.1 Å². The largest absolute Gasteiger partial charge is 0.481 e. The molecule has 1 saturated heterocycles. The highest BCUT2D eigenvalue weighted by Gasteiger charge is 2.69. The summed E-state index contributed by atoms with van der Waals surface area (Å²) in [5.41, 5.74) is 4.45. The van der Waals surface area contributed by atoms with Gasteiger partial charge in [0.1, 0.15) is 0 Å². The third-order valence-electron chi connectivity index (χ3n) is 14.2. The minimum Gasteiger partial charge on any atom is -0.481 e. The smallest absolute Gasteiger partial charge is 0.310 e. The summed E-state index contributed by atoms with van der Waals surface area (Å²) in [6.45, 7) is 19.0. The first kappa shape index (κ1) is 26.3. The summed E-state index contributed by atoms with van der Waals surface area (Å²) in [6, 6.07) is 0.391. The average molecular weight is 535 g/mol. The van der Waals surface area contributed by atoms with Crippen LogP contribution in [0.25, 0.3) is 0 Å². The highest BCUT2D eigenvalue weighted by Crippen LogP contribution is 2.75. The molecule has 4 fully saturated rings. The SMILES string of the molecule is CC1(C)CC[C@]2(C(=O)O)CC[C@]3(C)C(=CC[C@@H]4[C@@]5(C)Cc6cn(C7COC7)nc6C(C)(C)[C@@H]5CC[C@]43C)[C@@H]2C1. The fourth-order valence-corrected chi connectivity index (χ4v) is 11.7. The molecule has 0 bridgehead atoms. The van der Waals surface area contributed by atoms with Crippen LogP contribution < -0.4 is 0 Å². The van der Waals surface area contributed by atoms with Crippen LogP contribution in [0.1, 0.15) is 117 Å². The molecule has 0 aromatic carbocycles. The molecule has 39 heavy (non-hydrogen) atoms. The number of hydrogen-bond donors (Lipinski definition) is 1. The summed E-state index contributed by atoms with van der Waals surface area (Å²) < 4.78 is 7.72. The van der Waals surface area contributed by atoms with Crippen LogP contribution in [0.2, 0.25) is 0 Å². The van der Waals surface area contributed by atoms with E-state index in [0.717, 1.165) is 58.2 Å². The normalized spacial score (nSPS) is 45.9. The molecule has 214 valence electrons. The van der Waals surface area contributed by atoms with Crippen LogP contribution in [-0.4, -0.2) is 34.1 Å². The lowest BCUT2D eigenvalue weighted by Crippen LogP contribution is -2.64. The summed E-state index contributed by atoms with van der Waals surface area (Å²) in [7, 11) is 0. The zero-order valence-corrected chi connectivity index (χ0v) is 25.4. The summed E-state index contributed by atoms with van der Waals surface area (Å²) >= 11 is 0. The Morgan fingerprint density at radius 1 is 1.00 bits per heavy atom. The number of aliphatic carboxylic acids is 1. The van der Waals surface area contributed by atoms with E-state index in [0.29, 0.717) is 17.9 Å². The molecule has 5 nitrogen and oxygen atoms in total. The Bertz CT molecular complexity index is 1250. The molecular formula is C34H50N2O3.